The van der Waals surface area contributed by atoms with Gasteiger partial charge in [0.25, 0.3) is 0 Å². The molecule has 0 saturated carbocycles. The van der Waals surface area contributed by atoms with Crippen LogP contribution in [0.5, 0.6) is 0 Å². The van der Waals surface area contributed by atoms with Crippen LogP contribution in [0.1, 0.15) is 39.7 Å². The Bertz CT molecular complexity index is 516. The molecular weight excluding hydrogens is 326 g/mol. The Hall–Kier alpha value is -1.75. The molecule has 0 aromatic heterocycles. The zero-order chi connectivity index (χ0) is 17.4. The van der Waals surface area contributed by atoms with Gasteiger partial charge in [0.15, 0.2) is 0 Å². The predicted molar refractivity (Wildman–Crippen MR) is 101 cm³/mol. The monoisotopic (exact) mass is 355 g/mol. The molecule has 1 aromatic rings. The second kappa shape index (κ2) is 10.9. The number of anilines is 1. The van der Waals surface area contributed by atoms with Crippen LogP contribution in [0.25, 0.3) is 0 Å². The lowest BCUT2D eigenvalue weighted by atomic mass is 10.0. The largest absolute Gasteiger partial charge is 0.399 e. The zero-order valence-electron chi connectivity index (χ0n) is 15.0. The van der Waals surface area contributed by atoms with Crippen molar-refractivity contribution in [2.75, 3.05) is 12.3 Å². The summed E-state index contributed by atoms with van der Waals surface area (Å²) in [5.74, 6) is 0.110. The molecule has 0 radical (unpaired) electrons. The number of hydrogen-bond acceptors (Lipinski definition) is 3. The molecule has 2 amide bonds. The Balaban J connectivity index is 0.00000529. The molecule has 24 heavy (non-hydrogen) atoms. The van der Waals surface area contributed by atoms with Crippen molar-refractivity contribution in [1.29, 1.82) is 0 Å². The van der Waals surface area contributed by atoms with E-state index in [0.29, 0.717) is 13.0 Å². The maximum atomic E-state index is 12.3. The molecule has 0 bridgehead atoms. The van der Waals surface area contributed by atoms with Gasteiger partial charge in [0.1, 0.15) is 6.04 Å². The van der Waals surface area contributed by atoms with E-state index < -0.39 is 6.04 Å². The Labute approximate surface area is 151 Å². The van der Waals surface area contributed by atoms with E-state index in [1.807, 2.05) is 52.0 Å². The smallest absolute Gasteiger partial charge is 0.242 e. The number of amides is 2. The standard InChI is InChI=1S/C18H29N3O2.ClH/c1-12(2)11-16(22)21-17(13(3)4)18(23)20-10-9-14-5-7-15(19)8-6-14;/h5-8,12-13,17H,9-11,19H2,1-4H3,(H,20,23)(H,21,22);1H. The van der Waals surface area contributed by atoms with Crippen LogP contribution >= 0.6 is 12.4 Å². The molecule has 1 aromatic carbocycles. The summed E-state index contributed by atoms with van der Waals surface area (Å²) in [5, 5.41) is 5.74. The zero-order valence-corrected chi connectivity index (χ0v) is 15.8. The van der Waals surface area contributed by atoms with Gasteiger partial charge in [-0.05, 0) is 36.0 Å². The fourth-order valence-electron chi connectivity index (χ4n) is 2.26. The third-order valence-corrected chi connectivity index (χ3v) is 3.55. The van der Waals surface area contributed by atoms with Gasteiger partial charge in [0.05, 0.1) is 0 Å². The van der Waals surface area contributed by atoms with Crippen molar-refractivity contribution in [3.8, 4) is 0 Å². The first-order chi connectivity index (χ1) is 10.8. The van der Waals surface area contributed by atoms with Crippen molar-refractivity contribution >= 4 is 29.9 Å². The molecule has 0 aliphatic heterocycles. The maximum absolute atomic E-state index is 12.3. The second-order valence-electron chi connectivity index (χ2n) is 6.67. The molecule has 6 heteroatoms. The van der Waals surface area contributed by atoms with Crippen LogP contribution in [-0.2, 0) is 16.0 Å². The van der Waals surface area contributed by atoms with Crippen LogP contribution in [0, 0.1) is 11.8 Å². The van der Waals surface area contributed by atoms with Gasteiger partial charge in [-0.15, -0.1) is 12.4 Å². The Morgan fingerprint density at radius 1 is 1.08 bits per heavy atom. The van der Waals surface area contributed by atoms with Crippen molar-refractivity contribution in [1.82, 2.24) is 10.6 Å². The van der Waals surface area contributed by atoms with Crippen molar-refractivity contribution in [2.24, 2.45) is 11.8 Å². The van der Waals surface area contributed by atoms with Crippen LogP contribution in [0.3, 0.4) is 0 Å². The van der Waals surface area contributed by atoms with Crippen molar-refractivity contribution in [3.63, 3.8) is 0 Å². The summed E-state index contributed by atoms with van der Waals surface area (Å²) >= 11 is 0. The third kappa shape index (κ3) is 8.20. The fraction of sp³-hybridized carbons (Fsp3) is 0.556. The fourth-order valence-corrected chi connectivity index (χ4v) is 2.26. The topological polar surface area (TPSA) is 84.2 Å². The highest BCUT2D eigenvalue weighted by atomic mass is 35.5. The lowest BCUT2D eigenvalue weighted by Gasteiger charge is -2.22. The Kier molecular flexibility index (Phi) is 10.1. The SMILES string of the molecule is CC(C)CC(=O)NC(C(=O)NCCc1ccc(N)cc1)C(C)C.Cl. The molecular formula is C18H30ClN3O2. The molecule has 0 saturated heterocycles. The molecule has 1 atom stereocenters. The van der Waals surface area contributed by atoms with Crippen LogP contribution < -0.4 is 16.4 Å². The molecule has 5 nitrogen and oxygen atoms in total. The highest BCUT2D eigenvalue weighted by molar-refractivity contribution is 5.87. The number of halogens is 1. The lowest BCUT2D eigenvalue weighted by molar-refractivity contribution is -0.130. The van der Waals surface area contributed by atoms with E-state index in [-0.39, 0.29) is 36.1 Å². The predicted octanol–water partition coefficient (Wildman–Crippen LogP) is 2.54. The van der Waals surface area contributed by atoms with E-state index in [1.54, 1.807) is 0 Å². The molecule has 0 aliphatic carbocycles. The number of carbonyl (C=O) groups excluding carboxylic acids is 2. The number of benzene rings is 1. The first-order valence-electron chi connectivity index (χ1n) is 8.21. The molecule has 0 spiro atoms. The van der Waals surface area contributed by atoms with E-state index in [9.17, 15) is 9.59 Å². The van der Waals surface area contributed by atoms with Gasteiger partial charge >= 0.3 is 0 Å². The van der Waals surface area contributed by atoms with Gasteiger partial charge < -0.3 is 16.4 Å². The second-order valence-corrected chi connectivity index (χ2v) is 6.67. The summed E-state index contributed by atoms with van der Waals surface area (Å²) in [4.78, 5) is 24.2. The number of nitrogen functional groups attached to an aromatic ring is 1. The molecule has 1 rings (SSSR count). The van der Waals surface area contributed by atoms with Gasteiger partial charge in [-0.25, -0.2) is 0 Å². The van der Waals surface area contributed by atoms with E-state index in [0.717, 1.165) is 17.7 Å². The summed E-state index contributed by atoms with van der Waals surface area (Å²) in [6, 6.07) is 7.10. The van der Waals surface area contributed by atoms with E-state index >= 15 is 0 Å². The van der Waals surface area contributed by atoms with E-state index in [2.05, 4.69) is 10.6 Å². The van der Waals surface area contributed by atoms with Crippen LogP contribution in [0.15, 0.2) is 24.3 Å². The molecule has 0 heterocycles. The highest BCUT2D eigenvalue weighted by Crippen LogP contribution is 2.07. The van der Waals surface area contributed by atoms with Gasteiger partial charge in [-0.3, -0.25) is 9.59 Å². The van der Waals surface area contributed by atoms with E-state index in [1.165, 1.54) is 0 Å². The van der Waals surface area contributed by atoms with Crippen LogP contribution in [0.2, 0.25) is 0 Å². The van der Waals surface area contributed by atoms with Crippen LogP contribution in [0.4, 0.5) is 5.69 Å². The normalized spacial score (nSPS) is 11.8. The average Bonchev–Trinajstić information content (AvgIpc) is 2.45. The lowest BCUT2D eigenvalue weighted by Crippen LogP contribution is -2.50. The van der Waals surface area contributed by atoms with Crippen molar-refractivity contribution in [3.05, 3.63) is 29.8 Å². The minimum Gasteiger partial charge on any atom is -0.399 e. The molecule has 1 unspecified atom stereocenters. The number of nitrogens with one attached hydrogen (secondary N) is 2. The summed E-state index contributed by atoms with van der Waals surface area (Å²) in [6.07, 6.45) is 1.17. The number of carbonyl (C=O) groups is 2. The van der Waals surface area contributed by atoms with Crippen LogP contribution in [-0.4, -0.2) is 24.4 Å². The Morgan fingerprint density at radius 3 is 2.17 bits per heavy atom. The molecule has 136 valence electrons. The van der Waals surface area contributed by atoms with Gasteiger partial charge in [-0.1, -0.05) is 39.8 Å². The average molecular weight is 356 g/mol. The molecule has 0 fully saturated rings. The summed E-state index contributed by atoms with van der Waals surface area (Å²) in [7, 11) is 0. The Morgan fingerprint density at radius 2 is 1.67 bits per heavy atom. The van der Waals surface area contributed by atoms with E-state index in [4.69, 9.17) is 5.73 Å². The first kappa shape index (κ1) is 22.2. The molecule has 0 aliphatic rings. The van der Waals surface area contributed by atoms with Crippen molar-refractivity contribution in [2.45, 2.75) is 46.6 Å². The quantitative estimate of drug-likeness (QED) is 0.626. The van der Waals surface area contributed by atoms with Gasteiger partial charge in [-0.2, -0.15) is 0 Å². The van der Waals surface area contributed by atoms with Gasteiger partial charge in [0.2, 0.25) is 11.8 Å². The minimum absolute atomic E-state index is 0. The maximum Gasteiger partial charge on any atom is 0.242 e. The summed E-state index contributed by atoms with van der Waals surface area (Å²) in [6.45, 7) is 8.36. The first-order valence-corrected chi connectivity index (χ1v) is 8.21. The molecule has 4 N–H and O–H groups in total. The number of rotatable bonds is 8. The van der Waals surface area contributed by atoms with Gasteiger partial charge in [0, 0.05) is 18.7 Å². The highest BCUT2D eigenvalue weighted by Gasteiger charge is 2.23. The van der Waals surface area contributed by atoms with Crippen molar-refractivity contribution < 1.29 is 9.59 Å². The third-order valence-electron chi connectivity index (χ3n) is 3.55. The summed E-state index contributed by atoms with van der Waals surface area (Å²) < 4.78 is 0. The number of nitrogens with two attached hydrogens (primary N) is 1. The summed E-state index contributed by atoms with van der Waals surface area (Å²) in [5.41, 5.74) is 7.49. The number of hydrogen-bond donors (Lipinski definition) is 3. The minimum atomic E-state index is -0.493.